The SMILES string of the molecule is CCNC(=NCc1ccc(CN(CC)CC)cc1)NCCc1ccccn1.I. The van der Waals surface area contributed by atoms with E-state index in [0.29, 0.717) is 6.54 Å². The van der Waals surface area contributed by atoms with Gasteiger partial charge in [-0.25, -0.2) is 4.99 Å². The highest BCUT2D eigenvalue weighted by Gasteiger charge is 2.02. The van der Waals surface area contributed by atoms with Crippen LogP contribution in [0.2, 0.25) is 0 Å². The van der Waals surface area contributed by atoms with Crippen LogP contribution >= 0.6 is 24.0 Å². The number of hydrogen-bond acceptors (Lipinski definition) is 3. The summed E-state index contributed by atoms with van der Waals surface area (Å²) in [4.78, 5) is 11.5. The van der Waals surface area contributed by atoms with E-state index >= 15 is 0 Å². The molecule has 0 fully saturated rings. The Morgan fingerprint density at radius 3 is 2.29 bits per heavy atom. The molecule has 28 heavy (non-hydrogen) atoms. The molecule has 0 spiro atoms. The molecule has 2 rings (SSSR count). The average molecular weight is 495 g/mol. The van der Waals surface area contributed by atoms with Crippen molar-refractivity contribution in [1.82, 2.24) is 20.5 Å². The van der Waals surface area contributed by atoms with E-state index in [4.69, 9.17) is 4.99 Å². The van der Waals surface area contributed by atoms with Gasteiger partial charge in [0.05, 0.1) is 6.54 Å². The summed E-state index contributed by atoms with van der Waals surface area (Å²) in [5.41, 5.74) is 3.66. The number of guanidine groups is 1. The maximum Gasteiger partial charge on any atom is 0.191 e. The van der Waals surface area contributed by atoms with Gasteiger partial charge in [-0.1, -0.05) is 44.2 Å². The second-order valence-electron chi connectivity index (χ2n) is 6.47. The zero-order chi connectivity index (χ0) is 19.3. The van der Waals surface area contributed by atoms with Gasteiger partial charge in [-0.05, 0) is 43.3 Å². The van der Waals surface area contributed by atoms with Gasteiger partial charge in [0.2, 0.25) is 0 Å². The van der Waals surface area contributed by atoms with Crippen molar-refractivity contribution in [3.8, 4) is 0 Å². The third kappa shape index (κ3) is 9.01. The smallest absolute Gasteiger partial charge is 0.191 e. The molecule has 0 aliphatic carbocycles. The van der Waals surface area contributed by atoms with Gasteiger partial charge >= 0.3 is 0 Å². The van der Waals surface area contributed by atoms with E-state index in [2.05, 4.69) is 65.6 Å². The maximum atomic E-state index is 4.70. The molecule has 0 radical (unpaired) electrons. The molecular formula is C22H34IN5. The minimum Gasteiger partial charge on any atom is -0.357 e. The van der Waals surface area contributed by atoms with Crippen molar-refractivity contribution in [3.63, 3.8) is 0 Å². The number of aliphatic imine (C=N–C) groups is 1. The van der Waals surface area contributed by atoms with Crippen molar-refractivity contribution in [1.29, 1.82) is 0 Å². The first kappa shape index (κ1) is 24.4. The highest BCUT2D eigenvalue weighted by molar-refractivity contribution is 14.0. The van der Waals surface area contributed by atoms with Crippen molar-refractivity contribution in [3.05, 3.63) is 65.5 Å². The van der Waals surface area contributed by atoms with E-state index in [1.807, 2.05) is 24.4 Å². The van der Waals surface area contributed by atoms with E-state index in [9.17, 15) is 0 Å². The summed E-state index contributed by atoms with van der Waals surface area (Å²) in [6.07, 6.45) is 2.71. The molecule has 1 heterocycles. The van der Waals surface area contributed by atoms with Crippen molar-refractivity contribution in [2.24, 2.45) is 4.99 Å². The Bertz CT molecular complexity index is 669. The van der Waals surface area contributed by atoms with Gasteiger partial charge in [0.15, 0.2) is 5.96 Å². The first-order chi connectivity index (χ1) is 13.2. The Morgan fingerprint density at radius 1 is 0.964 bits per heavy atom. The molecule has 0 aliphatic heterocycles. The molecular weight excluding hydrogens is 461 g/mol. The fraction of sp³-hybridized carbons (Fsp3) is 0.455. The second-order valence-corrected chi connectivity index (χ2v) is 6.47. The number of nitrogens with zero attached hydrogens (tertiary/aromatic N) is 3. The van der Waals surface area contributed by atoms with Crippen LogP contribution in [0, 0.1) is 0 Å². The van der Waals surface area contributed by atoms with Crippen LogP contribution in [0.15, 0.2) is 53.7 Å². The number of benzene rings is 1. The molecule has 154 valence electrons. The maximum absolute atomic E-state index is 4.70. The highest BCUT2D eigenvalue weighted by Crippen LogP contribution is 2.08. The molecule has 1 aromatic heterocycles. The standard InChI is InChI=1S/C22H33N5.HI/c1-4-23-22(25-16-14-21-9-7-8-15-24-21)26-17-19-10-12-20(13-11-19)18-27(5-2)6-3;/h7-13,15H,4-6,14,16-18H2,1-3H3,(H2,23,25,26);1H. The predicted octanol–water partition coefficient (Wildman–Crippen LogP) is 3.84. The Morgan fingerprint density at radius 2 is 1.68 bits per heavy atom. The minimum atomic E-state index is 0. The van der Waals surface area contributed by atoms with E-state index in [-0.39, 0.29) is 24.0 Å². The van der Waals surface area contributed by atoms with E-state index in [1.165, 1.54) is 11.1 Å². The van der Waals surface area contributed by atoms with Crippen LogP contribution in [0.5, 0.6) is 0 Å². The van der Waals surface area contributed by atoms with Gasteiger partial charge in [-0.15, -0.1) is 24.0 Å². The van der Waals surface area contributed by atoms with Crippen molar-refractivity contribution in [2.45, 2.75) is 40.3 Å². The highest BCUT2D eigenvalue weighted by atomic mass is 127. The Labute approximate surface area is 187 Å². The Balaban J connectivity index is 0.00000392. The molecule has 0 unspecified atom stereocenters. The van der Waals surface area contributed by atoms with Gasteiger partial charge in [0.25, 0.3) is 0 Å². The first-order valence-corrected chi connectivity index (χ1v) is 9.97. The van der Waals surface area contributed by atoms with E-state index < -0.39 is 0 Å². The number of hydrogen-bond donors (Lipinski definition) is 2. The van der Waals surface area contributed by atoms with Crippen molar-refractivity contribution >= 4 is 29.9 Å². The third-order valence-corrected chi connectivity index (χ3v) is 4.49. The van der Waals surface area contributed by atoms with Gasteiger partial charge in [0.1, 0.15) is 0 Å². The fourth-order valence-electron chi connectivity index (χ4n) is 2.82. The zero-order valence-corrected chi connectivity index (χ0v) is 19.6. The summed E-state index contributed by atoms with van der Waals surface area (Å²) in [5, 5.41) is 6.69. The van der Waals surface area contributed by atoms with Crippen LogP contribution in [-0.4, -0.2) is 42.0 Å². The largest absolute Gasteiger partial charge is 0.357 e. The summed E-state index contributed by atoms with van der Waals surface area (Å²) in [7, 11) is 0. The fourth-order valence-corrected chi connectivity index (χ4v) is 2.82. The molecule has 0 saturated heterocycles. The first-order valence-electron chi connectivity index (χ1n) is 9.97. The molecule has 0 saturated carbocycles. The summed E-state index contributed by atoms with van der Waals surface area (Å²) in [5.74, 6) is 0.848. The summed E-state index contributed by atoms with van der Waals surface area (Å²) < 4.78 is 0. The lowest BCUT2D eigenvalue weighted by Gasteiger charge is -2.18. The third-order valence-electron chi connectivity index (χ3n) is 4.49. The number of nitrogens with one attached hydrogen (secondary N) is 2. The van der Waals surface area contributed by atoms with Crippen molar-refractivity contribution < 1.29 is 0 Å². The van der Waals surface area contributed by atoms with Crippen LogP contribution in [0.25, 0.3) is 0 Å². The lowest BCUT2D eigenvalue weighted by molar-refractivity contribution is 0.296. The second kappa shape index (κ2) is 14.3. The number of halogens is 1. The zero-order valence-electron chi connectivity index (χ0n) is 17.3. The number of aromatic nitrogens is 1. The summed E-state index contributed by atoms with van der Waals surface area (Å²) in [6, 6.07) is 14.8. The Hall–Kier alpha value is -1.67. The molecule has 0 atom stereocenters. The van der Waals surface area contributed by atoms with Crippen LogP contribution in [0.4, 0.5) is 0 Å². The Kier molecular flexibility index (Phi) is 12.5. The minimum absolute atomic E-state index is 0. The lowest BCUT2D eigenvalue weighted by atomic mass is 10.1. The summed E-state index contributed by atoms with van der Waals surface area (Å²) >= 11 is 0. The number of pyridine rings is 1. The molecule has 2 N–H and O–H groups in total. The molecule has 5 nitrogen and oxygen atoms in total. The molecule has 0 bridgehead atoms. The molecule has 2 aromatic rings. The van der Waals surface area contributed by atoms with Crippen LogP contribution in [0.3, 0.4) is 0 Å². The number of rotatable bonds is 10. The predicted molar refractivity (Wildman–Crippen MR) is 129 cm³/mol. The quantitative estimate of drug-likeness (QED) is 0.299. The van der Waals surface area contributed by atoms with Crippen molar-refractivity contribution in [2.75, 3.05) is 26.2 Å². The van der Waals surface area contributed by atoms with E-state index in [0.717, 1.165) is 50.8 Å². The summed E-state index contributed by atoms with van der Waals surface area (Å²) in [6.45, 7) is 12.0. The monoisotopic (exact) mass is 495 g/mol. The van der Waals surface area contributed by atoms with Gasteiger partial charge in [-0.2, -0.15) is 0 Å². The van der Waals surface area contributed by atoms with Gasteiger partial charge in [0, 0.05) is 37.9 Å². The van der Waals surface area contributed by atoms with Crippen LogP contribution < -0.4 is 10.6 Å². The molecule has 0 aliphatic rings. The van der Waals surface area contributed by atoms with Crippen LogP contribution in [0.1, 0.15) is 37.6 Å². The van der Waals surface area contributed by atoms with E-state index in [1.54, 1.807) is 0 Å². The average Bonchev–Trinajstić information content (AvgIpc) is 2.72. The lowest BCUT2D eigenvalue weighted by Crippen LogP contribution is -2.38. The molecule has 6 heteroatoms. The topological polar surface area (TPSA) is 52.6 Å². The van der Waals surface area contributed by atoms with Gasteiger partial charge in [-0.3, -0.25) is 9.88 Å². The van der Waals surface area contributed by atoms with Gasteiger partial charge < -0.3 is 10.6 Å². The molecule has 0 amide bonds. The van der Waals surface area contributed by atoms with Crippen LogP contribution in [-0.2, 0) is 19.5 Å². The normalized spacial score (nSPS) is 11.2. The molecule has 1 aromatic carbocycles.